The molecule has 0 saturated heterocycles. The maximum Gasteiger partial charge on any atom is 0.416 e. The molecule has 1 N–H and O–H groups in total. The van der Waals surface area contributed by atoms with Crippen LogP contribution in [0.25, 0.3) is 0 Å². The van der Waals surface area contributed by atoms with Gasteiger partial charge in [-0.2, -0.15) is 13.2 Å². The van der Waals surface area contributed by atoms with E-state index in [9.17, 15) is 21.6 Å². The fraction of sp³-hybridized carbons (Fsp3) is 0.647. The van der Waals surface area contributed by atoms with Gasteiger partial charge >= 0.3 is 6.18 Å². The summed E-state index contributed by atoms with van der Waals surface area (Å²) in [6.45, 7) is 0. The van der Waals surface area contributed by atoms with Gasteiger partial charge in [-0.15, -0.1) is 0 Å². The Morgan fingerprint density at radius 2 is 1.38 bits per heavy atom. The molecule has 7 heteroatoms. The number of hydrogen-bond acceptors (Lipinski definition) is 2. The van der Waals surface area contributed by atoms with Crippen LogP contribution in [0, 0.1) is 17.8 Å². The summed E-state index contributed by atoms with van der Waals surface area (Å²) in [5.74, 6) is 1.77. The molecule has 4 saturated carbocycles. The summed E-state index contributed by atoms with van der Waals surface area (Å²) in [5.41, 5.74) is -1.23. The molecule has 1 aromatic rings. The molecule has 5 rings (SSSR count). The molecule has 0 radical (unpaired) electrons. The van der Waals surface area contributed by atoms with Crippen LogP contribution in [0.2, 0.25) is 0 Å². The lowest BCUT2D eigenvalue weighted by molar-refractivity contribution is -0.137. The summed E-state index contributed by atoms with van der Waals surface area (Å²) in [6.07, 6.45) is 1.70. The van der Waals surface area contributed by atoms with Crippen LogP contribution in [0.5, 0.6) is 0 Å². The van der Waals surface area contributed by atoms with Gasteiger partial charge in [-0.05, 0) is 80.5 Å². The van der Waals surface area contributed by atoms with Gasteiger partial charge in [-0.3, -0.25) is 0 Å². The van der Waals surface area contributed by atoms with Crippen LogP contribution in [0.15, 0.2) is 29.2 Å². The van der Waals surface area contributed by atoms with E-state index in [1.165, 1.54) is 19.3 Å². The van der Waals surface area contributed by atoms with Crippen LogP contribution in [0.4, 0.5) is 13.2 Å². The Bertz CT molecular complexity index is 705. The van der Waals surface area contributed by atoms with Crippen LogP contribution < -0.4 is 4.72 Å². The van der Waals surface area contributed by atoms with Gasteiger partial charge in [0.1, 0.15) is 0 Å². The fourth-order valence-electron chi connectivity index (χ4n) is 5.40. The lowest BCUT2D eigenvalue weighted by Gasteiger charge is -2.56. The highest BCUT2D eigenvalue weighted by atomic mass is 32.2. The molecule has 4 fully saturated rings. The van der Waals surface area contributed by atoms with Gasteiger partial charge in [0, 0.05) is 5.54 Å². The summed E-state index contributed by atoms with van der Waals surface area (Å²) >= 11 is 0. The molecule has 0 aliphatic heterocycles. The Kier molecular flexibility index (Phi) is 3.56. The second-order valence-electron chi connectivity index (χ2n) is 7.83. The average Bonchev–Trinajstić information content (AvgIpc) is 2.43. The Labute approximate surface area is 139 Å². The predicted octanol–water partition coefficient (Wildman–Crippen LogP) is 3.95. The van der Waals surface area contributed by atoms with E-state index < -0.39 is 27.3 Å². The van der Waals surface area contributed by atoms with Crippen molar-refractivity contribution in [2.75, 3.05) is 0 Å². The van der Waals surface area contributed by atoms with Gasteiger partial charge in [0.15, 0.2) is 0 Å². The molecule has 0 spiro atoms. The van der Waals surface area contributed by atoms with Crippen LogP contribution in [0.3, 0.4) is 0 Å². The molecule has 0 unspecified atom stereocenters. The van der Waals surface area contributed by atoms with Gasteiger partial charge in [0.25, 0.3) is 0 Å². The molecule has 24 heavy (non-hydrogen) atoms. The lowest BCUT2D eigenvalue weighted by Crippen LogP contribution is -2.59. The van der Waals surface area contributed by atoms with Gasteiger partial charge in [-0.1, -0.05) is 0 Å². The third-order valence-corrected chi connectivity index (χ3v) is 7.48. The van der Waals surface area contributed by atoms with Crippen molar-refractivity contribution in [3.63, 3.8) is 0 Å². The molecule has 4 aliphatic rings. The van der Waals surface area contributed by atoms with Gasteiger partial charge in [-0.25, -0.2) is 13.1 Å². The van der Waals surface area contributed by atoms with Crippen molar-refractivity contribution in [2.45, 2.75) is 55.1 Å². The first-order valence-electron chi connectivity index (χ1n) is 8.36. The van der Waals surface area contributed by atoms with Crippen LogP contribution >= 0.6 is 0 Å². The molecule has 0 atom stereocenters. The SMILES string of the molecule is O=S(=O)(NC12CC3CC(CC(C3)C1)C2)c1ccc(C(F)(F)F)cc1. The topological polar surface area (TPSA) is 46.2 Å². The molecular formula is C17H20F3NO2S. The van der Waals surface area contributed by atoms with E-state index in [1.54, 1.807) is 0 Å². The summed E-state index contributed by atoms with van der Waals surface area (Å²) in [6, 6.07) is 3.75. The zero-order valence-electron chi connectivity index (χ0n) is 13.1. The zero-order chi connectivity index (χ0) is 17.2. The maximum absolute atomic E-state index is 12.7. The summed E-state index contributed by atoms with van der Waals surface area (Å²) < 4.78 is 66.2. The molecule has 0 aromatic heterocycles. The number of alkyl halides is 3. The first-order valence-corrected chi connectivity index (χ1v) is 9.85. The second-order valence-corrected chi connectivity index (χ2v) is 9.51. The van der Waals surface area contributed by atoms with Gasteiger partial charge in [0.05, 0.1) is 10.5 Å². The Balaban J connectivity index is 1.57. The minimum atomic E-state index is -4.46. The number of sulfonamides is 1. The zero-order valence-corrected chi connectivity index (χ0v) is 14.0. The monoisotopic (exact) mass is 359 g/mol. The molecule has 4 bridgehead atoms. The lowest BCUT2D eigenvalue weighted by atomic mass is 9.53. The van der Waals surface area contributed by atoms with Gasteiger partial charge in [0.2, 0.25) is 10.0 Å². The minimum absolute atomic E-state index is 0.0914. The van der Waals surface area contributed by atoms with E-state index in [0.29, 0.717) is 17.8 Å². The quantitative estimate of drug-likeness (QED) is 0.888. The smallest absolute Gasteiger partial charge is 0.207 e. The first kappa shape index (κ1) is 16.4. The van der Waals surface area contributed by atoms with E-state index in [4.69, 9.17) is 0 Å². The predicted molar refractivity (Wildman–Crippen MR) is 82.7 cm³/mol. The fourth-order valence-corrected chi connectivity index (χ4v) is 6.83. The number of rotatable bonds is 3. The number of benzene rings is 1. The largest absolute Gasteiger partial charge is 0.416 e. The third kappa shape index (κ3) is 2.86. The van der Waals surface area contributed by atoms with E-state index >= 15 is 0 Å². The van der Waals surface area contributed by atoms with Crippen molar-refractivity contribution in [3.8, 4) is 0 Å². The first-order chi connectivity index (χ1) is 11.2. The molecule has 0 amide bonds. The molecule has 4 aliphatic carbocycles. The van der Waals surface area contributed by atoms with E-state index in [-0.39, 0.29) is 4.90 Å². The number of hydrogen-bond donors (Lipinski definition) is 1. The third-order valence-electron chi connectivity index (χ3n) is 5.88. The molecular weight excluding hydrogens is 339 g/mol. The number of halogens is 3. The molecule has 1 aromatic carbocycles. The maximum atomic E-state index is 12.7. The van der Waals surface area contributed by atoms with Crippen molar-refractivity contribution in [1.82, 2.24) is 4.72 Å². The van der Waals surface area contributed by atoms with Crippen molar-refractivity contribution >= 4 is 10.0 Å². The average molecular weight is 359 g/mol. The Morgan fingerprint density at radius 1 is 0.917 bits per heavy atom. The highest BCUT2D eigenvalue weighted by Gasteiger charge is 2.52. The highest BCUT2D eigenvalue weighted by molar-refractivity contribution is 7.89. The van der Waals surface area contributed by atoms with Crippen LogP contribution in [-0.4, -0.2) is 14.0 Å². The second kappa shape index (κ2) is 5.21. The summed E-state index contributed by atoms with van der Waals surface area (Å²) in [7, 11) is -3.80. The van der Waals surface area contributed by atoms with Crippen molar-refractivity contribution in [2.24, 2.45) is 17.8 Å². The van der Waals surface area contributed by atoms with Crippen molar-refractivity contribution in [3.05, 3.63) is 29.8 Å². The minimum Gasteiger partial charge on any atom is -0.207 e. The van der Waals surface area contributed by atoms with Crippen LogP contribution in [-0.2, 0) is 16.2 Å². The van der Waals surface area contributed by atoms with Gasteiger partial charge < -0.3 is 0 Å². The molecule has 3 nitrogen and oxygen atoms in total. The van der Waals surface area contributed by atoms with E-state index in [1.807, 2.05) is 0 Å². The van der Waals surface area contributed by atoms with Crippen LogP contribution in [0.1, 0.15) is 44.1 Å². The Morgan fingerprint density at radius 3 is 1.79 bits per heavy atom. The van der Waals surface area contributed by atoms with E-state index in [2.05, 4.69) is 4.72 Å². The summed E-state index contributed by atoms with van der Waals surface area (Å²) in [5, 5.41) is 0. The standard InChI is InChI=1S/C17H20F3NO2S/c18-17(19,20)14-1-3-15(4-2-14)24(22,23)21-16-8-11-5-12(9-16)7-13(6-11)10-16/h1-4,11-13,21H,5-10H2. The van der Waals surface area contributed by atoms with Crippen molar-refractivity contribution in [1.29, 1.82) is 0 Å². The molecule has 132 valence electrons. The normalized spacial score (nSPS) is 35.4. The Hall–Kier alpha value is -1.08. The van der Waals surface area contributed by atoms with E-state index in [0.717, 1.165) is 43.5 Å². The number of nitrogens with one attached hydrogen (secondary N) is 1. The summed E-state index contributed by atoms with van der Waals surface area (Å²) in [4.78, 5) is -0.0914. The van der Waals surface area contributed by atoms with Crippen molar-refractivity contribution < 1.29 is 21.6 Å². The highest BCUT2D eigenvalue weighted by Crippen LogP contribution is 2.56. The molecule has 0 heterocycles.